The minimum Gasteiger partial charge on any atom is -0.377 e. The molecule has 1 aromatic carbocycles. The molecule has 0 spiro atoms. The van der Waals surface area contributed by atoms with Crippen LogP contribution in [0.3, 0.4) is 0 Å². The van der Waals surface area contributed by atoms with Crippen LogP contribution in [-0.2, 0) is 11.3 Å². The zero-order valence-corrected chi connectivity index (χ0v) is 20.3. The first-order chi connectivity index (χ1) is 13.8. The van der Waals surface area contributed by atoms with E-state index >= 15 is 0 Å². The van der Waals surface area contributed by atoms with Crippen LogP contribution in [0.5, 0.6) is 0 Å². The first kappa shape index (κ1) is 24.4. The molecule has 0 amide bonds. The van der Waals surface area contributed by atoms with Crippen molar-refractivity contribution in [1.29, 1.82) is 0 Å². The average Bonchev–Trinajstić information content (AvgIpc) is 3.40. The zero-order valence-electron chi connectivity index (χ0n) is 17.9. The molecule has 0 bridgehead atoms. The third-order valence-corrected chi connectivity index (χ3v) is 5.82. The molecule has 1 unspecified atom stereocenters. The fraction of sp³-hybridized carbons (Fsp3) is 0.696. The molecular formula is C23H39IN4O. The van der Waals surface area contributed by atoms with Gasteiger partial charge in [-0.05, 0) is 44.6 Å². The Morgan fingerprint density at radius 1 is 1.14 bits per heavy atom. The summed E-state index contributed by atoms with van der Waals surface area (Å²) in [6.45, 7) is 7.80. The maximum atomic E-state index is 5.76. The fourth-order valence-corrected chi connectivity index (χ4v) is 4.29. The molecule has 1 saturated carbocycles. The minimum absolute atomic E-state index is 0. The summed E-state index contributed by atoms with van der Waals surface area (Å²) in [6, 6.07) is 11.7. The van der Waals surface area contributed by atoms with E-state index < -0.39 is 0 Å². The predicted octanol–water partition coefficient (Wildman–Crippen LogP) is 4.17. The third kappa shape index (κ3) is 8.80. The van der Waals surface area contributed by atoms with Gasteiger partial charge in [-0.25, -0.2) is 0 Å². The number of halogens is 1. The van der Waals surface area contributed by atoms with Crippen molar-refractivity contribution >= 4 is 29.9 Å². The first-order valence-corrected chi connectivity index (χ1v) is 11.3. The van der Waals surface area contributed by atoms with Crippen LogP contribution >= 0.6 is 24.0 Å². The molecule has 1 heterocycles. The van der Waals surface area contributed by atoms with Crippen molar-refractivity contribution in [2.45, 2.75) is 70.6 Å². The quantitative estimate of drug-likeness (QED) is 0.213. The molecule has 6 heteroatoms. The number of rotatable bonds is 10. The van der Waals surface area contributed by atoms with E-state index in [0.29, 0.717) is 12.6 Å². The van der Waals surface area contributed by atoms with Crippen molar-refractivity contribution in [2.24, 2.45) is 4.99 Å². The maximum Gasteiger partial charge on any atom is 0.191 e. The molecule has 1 aromatic rings. The van der Waals surface area contributed by atoms with E-state index in [1.165, 1.54) is 50.8 Å². The molecule has 29 heavy (non-hydrogen) atoms. The Morgan fingerprint density at radius 3 is 2.69 bits per heavy atom. The Hall–Kier alpha value is -0.860. The normalized spacial score (nSPS) is 20.6. The number of unbranched alkanes of at least 4 members (excludes halogenated alkanes) is 1. The summed E-state index contributed by atoms with van der Waals surface area (Å²) in [5.41, 5.74) is 1.24. The highest BCUT2D eigenvalue weighted by Gasteiger charge is 2.30. The van der Waals surface area contributed by atoms with E-state index in [-0.39, 0.29) is 24.0 Å². The van der Waals surface area contributed by atoms with E-state index in [4.69, 9.17) is 9.73 Å². The van der Waals surface area contributed by atoms with E-state index in [9.17, 15) is 0 Å². The number of aliphatic imine (C=N–C) groups is 1. The largest absolute Gasteiger partial charge is 0.377 e. The van der Waals surface area contributed by atoms with Gasteiger partial charge in [0.1, 0.15) is 0 Å². The molecule has 1 aliphatic carbocycles. The average molecular weight is 514 g/mol. The number of nitrogens with zero attached hydrogens (tertiary/aromatic N) is 2. The maximum absolute atomic E-state index is 5.76. The number of hydrogen-bond acceptors (Lipinski definition) is 3. The van der Waals surface area contributed by atoms with Gasteiger partial charge >= 0.3 is 0 Å². The third-order valence-electron chi connectivity index (χ3n) is 5.82. The van der Waals surface area contributed by atoms with Crippen LogP contribution in [-0.4, -0.2) is 55.7 Å². The van der Waals surface area contributed by atoms with Gasteiger partial charge in [0.25, 0.3) is 0 Å². The van der Waals surface area contributed by atoms with E-state index in [2.05, 4.69) is 46.7 Å². The van der Waals surface area contributed by atoms with Gasteiger partial charge in [-0.15, -0.1) is 24.0 Å². The van der Waals surface area contributed by atoms with Gasteiger partial charge in [-0.2, -0.15) is 0 Å². The van der Waals surface area contributed by atoms with Crippen LogP contribution in [0.15, 0.2) is 35.3 Å². The van der Waals surface area contributed by atoms with E-state index in [0.717, 1.165) is 44.5 Å². The Labute approximate surface area is 194 Å². The topological polar surface area (TPSA) is 48.9 Å². The molecule has 2 fully saturated rings. The molecule has 164 valence electrons. The summed E-state index contributed by atoms with van der Waals surface area (Å²) < 4.78 is 5.76. The van der Waals surface area contributed by atoms with Gasteiger partial charge in [-0.1, -0.05) is 43.2 Å². The lowest BCUT2D eigenvalue weighted by Crippen LogP contribution is -2.45. The number of hydrogen-bond donors (Lipinski definition) is 2. The van der Waals surface area contributed by atoms with Gasteiger partial charge in [-0.3, -0.25) is 9.89 Å². The number of benzene rings is 1. The zero-order chi connectivity index (χ0) is 19.4. The SMILES string of the molecule is CCNC(=NCCCCOCc1ccccc1)NC1CCN(C2CCCC2)C1.I. The van der Waals surface area contributed by atoms with Crippen LogP contribution in [0, 0.1) is 0 Å². The number of ether oxygens (including phenoxy) is 1. The second-order valence-electron chi connectivity index (χ2n) is 8.07. The number of guanidine groups is 1. The second-order valence-corrected chi connectivity index (χ2v) is 8.07. The minimum atomic E-state index is 0. The monoisotopic (exact) mass is 514 g/mol. The summed E-state index contributed by atoms with van der Waals surface area (Å²) in [4.78, 5) is 7.47. The summed E-state index contributed by atoms with van der Waals surface area (Å²) in [6.07, 6.45) is 8.96. The lowest BCUT2D eigenvalue weighted by atomic mass is 10.2. The van der Waals surface area contributed by atoms with Crippen molar-refractivity contribution in [1.82, 2.24) is 15.5 Å². The van der Waals surface area contributed by atoms with Gasteiger partial charge in [0.2, 0.25) is 0 Å². The lowest BCUT2D eigenvalue weighted by molar-refractivity contribution is 0.117. The molecule has 2 aliphatic rings. The van der Waals surface area contributed by atoms with Crippen molar-refractivity contribution in [3.63, 3.8) is 0 Å². The molecule has 2 N–H and O–H groups in total. The molecule has 3 rings (SSSR count). The molecule has 5 nitrogen and oxygen atoms in total. The standard InChI is InChI=1S/C23H38N4O.HI/c1-2-24-23(26-21-14-16-27(18-21)22-12-6-7-13-22)25-15-8-9-17-28-19-20-10-4-3-5-11-20;/h3-5,10-11,21-22H,2,6-9,12-19H2,1H3,(H2,24,25,26);1H. The smallest absolute Gasteiger partial charge is 0.191 e. The second kappa shape index (κ2) is 14.2. The Kier molecular flexibility index (Phi) is 12.0. The van der Waals surface area contributed by atoms with Gasteiger partial charge < -0.3 is 15.4 Å². The highest BCUT2D eigenvalue weighted by Crippen LogP contribution is 2.26. The molecule has 1 aliphatic heterocycles. The van der Waals surface area contributed by atoms with Gasteiger partial charge in [0.15, 0.2) is 5.96 Å². The van der Waals surface area contributed by atoms with Crippen molar-refractivity contribution in [3.8, 4) is 0 Å². The van der Waals surface area contributed by atoms with E-state index in [1.54, 1.807) is 0 Å². The Morgan fingerprint density at radius 2 is 1.93 bits per heavy atom. The van der Waals surface area contributed by atoms with Crippen LogP contribution in [0.25, 0.3) is 0 Å². The van der Waals surface area contributed by atoms with Gasteiger partial charge in [0.05, 0.1) is 6.61 Å². The lowest BCUT2D eigenvalue weighted by Gasteiger charge is -2.24. The summed E-state index contributed by atoms with van der Waals surface area (Å²) in [7, 11) is 0. The highest BCUT2D eigenvalue weighted by molar-refractivity contribution is 14.0. The fourth-order valence-electron chi connectivity index (χ4n) is 4.29. The molecule has 1 atom stereocenters. The van der Waals surface area contributed by atoms with Crippen LogP contribution < -0.4 is 10.6 Å². The van der Waals surface area contributed by atoms with Crippen molar-refractivity contribution in [3.05, 3.63) is 35.9 Å². The van der Waals surface area contributed by atoms with E-state index in [1.807, 2.05) is 6.07 Å². The molecule has 0 aromatic heterocycles. The highest BCUT2D eigenvalue weighted by atomic mass is 127. The van der Waals surface area contributed by atoms with Crippen molar-refractivity contribution < 1.29 is 4.74 Å². The Balaban J connectivity index is 0.00000300. The number of likely N-dealkylation sites (tertiary alicyclic amines) is 1. The Bertz CT molecular complexity index is 578. The summed E-state index contributed by atoms with van der Waals surface area (Å²) >= 11 is 0. The summed E-state index contributed by atoms with van der Waals surface area (Å²) in [5, 5.41) is 7.07. The molecular weight excluding hydrogens is 475 g/mol. The first-order valence-electron chi connectivity index (χ1n) is 11.3. The van der Waals surface area contributed by atoms with Crippen LogP contribution in [0.1, 0.15) is 57.4 Å². The van der Waals surface area contributed by atoms with Gasteiger partial charge in [0, 0.05) is 44.9 Å². The van der Waals surface area contributed by atoms with Crippen molar-refractivity contribution in [2.75, 3.05) is 32.8 Å². The number of nitrogens with one attached hydrogen (secondary N) is 2. The molecule has 0 radical (unpaired) electrons. The summed E-state index contributed by atoms with van der Waals surface area (Å²) in [5.74, 6) is 0.978. The predicted molar refractivity (Wildman–Crippen MR) is 132 cm³/mol. The van der Waals surface area contributed by atoms with Crippen LogP contribution in [0.4, 0.5) is 0 Å². The van der Waals surface area contributed by atoms with Crippen LogP contribution in [0.2, 0.25) is 0 Å². The molecule has 1 saturated heterocycles.